The maximum atomic E-state index is 11.7. The summed E-state index contributed by atoms with van der Waals surface area (Å²) in [6.07, 6.45) is 0.248. The Hall–Kier alpha value is -2.64. The van der Waals surface area contributed by atoms with Gasteiger partial charge in [0.2, 0.25) is 0 Å². The maximum absolute atomic E-state index is 11.7. The third-order valence-electron chi connectivity index (χ3n) is 2.83. The number of carboxylic acid groups (broad SMARTS) is 1. The minimum absolute atomic E-state index is 0.0120. The molecule has 1 rings (SSSR count). The highest BCUT2D eigenvalue weighted by molar-refractivity contribution is 5.96. The van der Waals surface area contributed by atoms with Gasteiger partial charge in [-0.3, -0.25) is 14.9 Å². The molecule has 0 bridgehead atoms. The maximum Gasteiger partial charge on any atom is 0.326 e. The van der Waals surface area contributed by atoms with Crippen molar-refractivity contribution in [2.75, 3.05) is 11.9 Å². The predicted octanol–water partition coefficient (Wildman–Crippen LogP) is 1.62. The molecule has 114 valence electrons. The summed E-state index contributed by atoms with van der Waals surface area (Å²) in [6.45, 7) is 3.82. The van der Waals surface area contributed by atoms with Gasteiger partial charge < -0.3 is 15.7 Å². The monoisotopic (exact) mass is 295 g/mol. The van der Waals surface area contributed by atoms with E-state index in [-0.39, 0.29) is 29.3 Å². The van der Waals surface area contributed by atoms with Crippen molar-refractivity contribution in [3.05, 3.63) is 33.9 Å². The first-order valence-electron chi connectivity index (χ1n) is 6.46. The summed E-state index contributed by atoms with van der Waals surface area (Å²) in [5.74, 6) is -1.49. The third kappa shape index (κ3) is 4.16. The lowest BCUT2D eigenvalue weighted by molar-refractivity contribution is -0.384. The van der Waals surface area contributed by atoms with Crippen LogP contribution in [0.25, 0.3) is 0 Å². The smallest absolute Gasteiger partial charge is 0.326 e. The van der Waals surface area contributed by atoms with Crippen LogP contribution < -0.4 is 10.6 Å². The van der Waals surface area contributed by atoms with Gasteiger partial charge in [0, 0.05) is 18.2 Å². The Labute approximate surface area is 121 Å². The minimum Gasteiger partial charge on any atom is -0.480 e. The van der Waals surface area contributed by atoms with Gasteiger partial charge in [-0.05, 0) is 25.5 Å². The minimum atomic E-state index is -1.12. The predicted molar refractivity (Wildman–Crippen MR) is 76.4 cm³/mol. The molecule has 1 amide bonds. The summed E-state index contributed by atoms with van der Waals surface area (Å²) in [5, 5.41) is 25.2. The lowest BCUT2D eigenvalue weighted by atomic mass is 10.1. The molecule has 1 aromatic rings. The topological polar surface area (TPSA) is 122 Å². The molecule has 21 heavy (non-hydrogen) atoms. The first-order valence-corrected chi connectivity index (χ1v) is 6.46. The fourth-order valence-corrected chi connectivity index (χ4v) is 1.74. The Morgan fingerprint density at radius 3 is 2.52 bits per heavy atom. The molecule has 8 nitrogen and oxygen atoms in total. The third-order valence-corrected chi connectivity index (χ3v) is 2.83. The number of rotatable bonds is 7. The zero-order valence-electron chi connectivity index (χ0n) is 11.8. The van der Waals surface area contributed by atoms with Gasteiger partial charge in [-0.1, -0.05) is 6.92 Å². The number of nitrogens with one attached hydrogen (secondary N) is 2. The fourth-order valence-electron chi connectivity index (χ4n) is 1.74. The molecular formula is C13H17N3O5. The number of benzene rings is 1. The molecule has 3 N–H and O–H groups in total. The van der Waals surface area contributed by atoms with Crippen molar-refractivity contribution >= 4 is 23.3 Å². The number of carbonyl (C=O) groups is 2. The fraction of sp³-hybridized carbons (Fsp3) is 0.385. The molecule has 0 fully saturated rings. The Kier molecular flexibility index (Phi) is 5.65. The highest BCUT2D eigenvalue weighted by Crippen LogP contribution is 2.26. The molecular weight excluding hydrogens is 278 g/mol. The largest absolute Gasteiger partial charge is 0.480 e. The zero-order valence-corrected chi connectivity index (χ0v) is 11.8. The molecule has 0 aromatic heterocycles. The molecule has 0 radical (unpaired) electrons. The van der Waals surface area contributed by atoms with E-state index in [4.69, 9.17) is 5.11 Å². The van der Waals surface area contributed by atoms with Gasteiger partial charge in [0.25, 0.3) is 11.6 Å². The summed E-state index contributed by atoms with van der Waals surface area (Å²) in [7, 11) is 0. The van der Waals surface area contributed by atoms with Gasteiger partial charge in [0.05, 0.1) is 4.92 Å². The average Bonchev–Trinajstić information content (AvgIpc) is 2.44. The van der Waals surface area contributed by atoms with E-state index in [1.165, 1.54) is 18.2 Å². The van der Waals surface area contributed by atoms with Crippen LogP contribution in [-0.2, 0) is 4.79 Å². The summed E-state index contributed by atoms with van der Waals surface area (Å²) >= 11 is 0. The lowest BCUT2D eigenvalue weighted by Gasteiger charge is -2.14. The Balaban J connectivity index is 3.18. The second-order valence-corrected chi connectivity index (χ2v) is 4.29. The van der Waals surface area contributed by atoms with Crippen LogP contribution in [0.3, 0.4) is 0 Å². The van der Waals surface area contributed by atoms with Crippen LogP contribution in [0.1, 0.15) is 30.6 Å². The van der Waals surface area contributed by atoms with Crippen LogP contribution in [0.2, 0.25) is 0 Å². The molecule has 0 aliphatic carbocycles. The number of nitro groups is 1. The van der Waals surface area contributed by atoms with E-state index in [9.17, 15) is 19.7 Å². The van der Waals surface area contributed by atoms with Crippen LogP contribution in [0, 0.1) is 10.1 Å². The first kappa shape index (κ1) is 16.4. The van der Waals surface area contributed by atoms with Crippen LogP contribution >= 0.6 is 0 Å². The number of carboxylic acids is 1. The molecule has 0 aliphatic rings. The molecule has 8 heteroatoms. The van der Waals surface area contributed by atoms with Crippen LogP contribution in [-0.4, -0.2) is 34.5 Å². The molecule has 0 spiro atoms. The highest BCUT2D eigenvalue weighted by Gasteiger charge is 2.22. The van der Waals surface area contributed by atoms with E-state index in [2.05, 4.69) is 10.6 Å². The van der Waals surface area contributed by atoms with Crippen molar-refractivity contribution in [1.82, 2.24) is 5.32 Å². The highest BCUT2D eigenvalue weighted by atomic mass is 16.6. The van der Waals surface area contributed by atoms with E-state index < -0.39 is 16.9 Å². The zero-order chi connectivity index (χ0) is 16.0. The van der Waals surface area contributed by atoms with Crippen molar-refractivity contribution in [3.8, 4) is 0 Å². The number of aliphatic carboxylic acids is 1. The molecule has 0 aliphatic heterocycles. The van der Waals surface area contributed by atoms with Crippen molar-refractivity contribution in [3.63, 3.8) is 0 Å². The quantitative estimate of drug-likeness (QED) is 0.519. The summed E-state index contributed by atoms with van der Waals surface area (Å²) in [4.78, 5) is 33.1. The molecule has 0 saturated heterocycles. The van der Waals surface area contributed by atoms with Crippen molar-refractivity contribution in [1.29, 1.82) is 0 Å². The molecule has 1 atom stereocenters. The van der Waals surface area contributed by atoms with Crippen molar-refractivity contribution in [2.45, 2.75) is 26.3 Å². The van der Waals surface area contributed by atoms with Crippen molar-refractivity contribution in [2.24, 2.45) is 0 Å². The second kappa shape index (κ2) is 7.22. The number of hydrogen-bond donors (Lipinski definition) is 3. The lowest BCUT2D eigenvalue weighted by Crippen LogP contribution is -2.29. The number of nitrogens with zero attached hydrogens (tertiary/aromatic N) is 1. The van der Waals surface area contributed by atoms with Crippen LogP contribution in [0.15, 0.2) is 18.2 Å². The van der Waals surface area contributed by atoms with E-state index in [1.54, 1.807) is 13.8 Å². The molecule has 0 heterocycles. The van der Waals surface area contributed by atoms with Crippen molar-refractivity contribution < 1.29 is 19.6 Å². The van der Waals surface area contributed by atoms with Crippen LogP contribution in [0.5, 0.6) is 0 Å². The summed E-state index contributed by atoms with van der Waals surface area (Å²) in [5.41, 5.74) is -0.0362. The van der Waals surface area contributed by atoms with E-state index in [0.717, 1.165) is 0 Å². The van der Waals surface area contributed by atoms with Gasteiger partial charge in [-0.15, -0.1) is 0 Å². The second-order valence-electron chi connectivity index (χ2n) is 4.29. The molecule has 1 aromatic carbocycles. The number of amides is 1. The molecule has 0 saturated carbocycles. The molecule has 1 unspecified atom stereocenters. The van der Waals surface area contributed by atoms with E-state index in [0.29, 0.717) is 6.54 Å². The number of anilines is 1. The van der Waals surface area contributed by atoms with Gasteiger partial charge >= 0.3 is 5.97 Å². The first-order chi connectivity index (χ1) is 9.90. The normalized spacial score (nSPS) is 11.5. The Morgan fingerprint density at radius 1 is 1.38 bits per heavy atom. The van der Waals surface area contributed by atoms with Gasteiger partial charge in [-0.25, -0.2) is 4.79 Å². The summed E-state index contributed by atoms with van der Waals surface area (Å²) in [6, 6.07) is 2.83. The van der Waals surface area contributed by atoms with Gasteiger partial charge in [-0.2, -0.15) is 0 Å². The van der Waals surface area contributed by atoms with Crippen LogP contribution in [0.4, 0.5) is 11.4 Å². The average molecular weight is 295 g/mol. The number of nitro benzene ring substituents is 1. The standard InChI is InChI=1S/C13H17N3O5/c1-3-9(13(18)19)15-10-7-8(12(17)14-4-2)5-6-11(10)16(20)21/h5-7,9,15H,3-4H2,1-2H3,(H,14,17)(H,18,19). The van der Waals surface area contributed by atoms with Gasteiger partial charge in [0.15, 0.2) is 0 Å². The Morgan fingerprint density at radius 2 is 2.05 bits per heavy atom. The van der Waals surface area contributed by atoms with E-state index >= 15 is 0 Å². The SMILES string of the molecule is CCNC(=O)c1ccc([N+](=O)[O-])c(NC(CC)C(=O)O)c1. The Bertz CT molecular complexity index is 559. The van der Waals surface area contributed by atoms with E-state index in [1.807, 2.05) is 0 Å². The number of carbonyl (C=O) groups excluding carboxylic acids is 1. The van der Waals surface area contributed by atoms with Gasteiger partial charge in [0.1, 0.15) is 11.7 Å². The summed E-state index contributed by atoms with van der Waals surface area (Å²) < 4.78 is 0. The number of hydrogen-bond acceptors (Lipinski definition) is 5.